The molecule has 2 rings (SSSR count). The van der Waals surface area contributed by atoms with E-state index < -0.39 is 0 Å². The number of carbonyl (C=O) groups is 1. The van der Waals surface area contributed by atoms with Crippen molar-refractivity contribution in [1.29, 1.82) is 0 Å². The second-order valence-electron chi connectivity index (χ2n) is 3.27. The number of aromatic amines is 1. The normalized spacial score (nSPS) is 10.8. The van der Waals surface area contributed by atoms with Crippen LogP contribution >= 0.6 is 0 Å². The number of hydrogen-bond acceptors (Lipinski definition) is 3. The summed E-state index contributed by atoms with van der Waals surface area (Å²) in [6.45, 7) is 1.86. The highest BCUT2D eigenvalue weighted by atomic mass is 16.3. The Morgan fingerprint density at radius 2 is 2.50 bits per heavy atom. The molecule has 0 aromatic carbocycles. The zero-order valence-electron chi connectivity index (χ0n) is 8.73. The Morgan fingerprint density at radius 3 is 3.12 bits per heavy atom. The van der Waals surface area contributed by atoms with Crippen LogP contribution in [-0.2, 0) is 4.79 Å². The monoisotopic (exact) mass is 217 g/mol. The topological polar surface area (TPSA) is 70.9 Å². The molecule has 2 N–H and O–H groups in total. The Morgan fingerprint density at radius 1 is 1.62 bits per heavy atom. The molecule has 2 aromatic rings. The summed E-state index contributed by atoms with van der Waals surface area (Å²) in [5.41, 5.74) is 0.889. The van der Waals surface area contributed by atoms with E-state index in [9.17, 15) is 4.79 Å². The first-order valence-electron chi connectivity index (χ1n) is 4.78. The maximum atomic E-state index is 11.5. The van der Waals surface area contributed by atoms with Gasteiger partial charge in [0, 0.05) is 11.6 Å². The van der Waals surface area contributed by atoms with Crippen molar-refractivity contribution in [2.24, 2.45) is 0 Å². The Bertz CT molecular complexity index is 497. The predicted octanol–water partition coefficient (Wildman–Crippen LogP) is 1.96. The van der Waals surface area contributed by atoms with Gasteiger partial charge in [-0.1, -0.05) is 0 Å². The number of anilines is 1. The van der Waals surface area contributed by atoms with Gasteiger partial charge in [-0.05, 0) is 25.1 Å². The van der Waals surface area contributed by atoms with Crippen LogP contribution in [0.3, 0.4) is 0 Å². The Labute approximate surface area is 92.2 Å². The molecular formula is C11H11N3O2. The van der Waals surface area contributed by atoms with Crippen molar-refractivity contribution in [1.82, 2.24) is 10.2 Å². The molecule has 0 unspecified atom stereocenters. The number of aryl methyl sites for hydroxylation is 1. The van der Waals surface area contributed by atoms with Crippen LogP contribution in [-0.4, -0.2) is 16.1 Å². The highest BCUT2D eigenvalue weighted by Crippen LogP contribution is 2.08. The van der Waals surface area contributed by atoms with E-state index >= 15 is 0 Å². The summed E-state index contributed by atoms with van der Waals surface area (Å²) in [5, 5.41) is 9.16. The first kappa shape index (κ1) is 10.2. The quantitative estimate of drug-likeness (QED) is 0.772. The van der Waals surface area contributed by atoms with Crippen LogP contribution in [0.25, 0.3) is 6.08 Å². The first-order chi connectivity index (χ1) is 7.75. The third-order valence-corrected chi connectivity index (χ3v) is 2.02. The fourth-order valence-electron chi connectivity index (χ4n) is 1.18. The molecule has 0 bridgehead atoms. The summed E-state index contributed by atoms with van der Waals surface area (Å²) in [6.07, 6.45) is 6.20. The molecule has 16 heavy (non-hydrogen) atoms. The van der Waals surface area contributed by atoms with Crippen molar-refractivity contribution in [3.05, 3.63) is 42.0 Å². The van der Waals surface area contributed by atoms with E-state index in [-0.39, 0.29) is 5.91 Å². The van der Waals surface area contributed by atoms with Crippen molar-refractivity contribution < 1.29 is 9.21 Å². The highest BCUT2D eigenvalue weighted by molar-refractivity contribution is 6.01. The molecule has 2 heterocycles. The Kier molecular flexibility index (Phi) is 2.86. The first-order valence-corrected chi connectivity index (χ1v) is 4.78. The zero-order valence-corrected chi connectivity index (χ0v) is 8.73. The van der Waals surface area contributed by atoms with Gasteiger partial charge in [0.1, 0.15) is 11.6 Å². The van der Waals surface area contributed by atoms with Gasteiger partial charge < -0.3 is 9.73 Å². The van der Waals surface area contributed by atoms with Crippen LogP contribution in [0.1, 0.15) is 11.3 Å². The number of rotatable bonds is 3. The lowest BCUT2D eigenvalue weighted by atomic mass is 10.3. The third kappa shape index (κ3) is 2.38. The van der Waals surface area contributed by atoms with Gasteiger partial charge in [0.15, 0.2) is 0 Å². The average Bonchev–Trinajstić information content (AvgIpc) is 2.88. The standard InChI is InChI=1S/C11H11N3O2/c1-8-7-12-14-11(8)13-10(15)5-4-9-3-2-6-16-9/h2-7H,1H3,(H2,12,13,14,15)/b5-4+. The summed E-state index contributed by atoms with van der Waals surface area (Å²) in [4.78, 5) is 11.5. The van der Waals surface area contributed by atoms with Crippen molar-refractivity contribution in [2.75, 3.05) is 5.32 Å². The summed E-state index contributed by atoms with van der Waals surface area (Å²) >= 11 is 0. The lowest BCUT2D eigenvalue weighted by Crippen LogP contribution is -2.08. The number of hydrogen-bond donors (Lipinski definition) is 2. The second-order valence-corrected chi connectivity index (χ2v) is 3.27. The molecule has 1 amide bonds. The van der Waals surface area contributed by atoms with E-state index in [2.05, 4.69) is 15.5 Å². The summed E-state index contributed by atoms with van der Waals surface area (Å²) in [6, 6.07) is 3.53. The van der Waals surface area contributed by atoms with E-state index in [1.54, 1.807) is 30.7 Å². The molecule has 0 saturated carbocycles. The lowest BCUT2D eigenvalue weighted by molar-refractivity contribution is -0.111. The van der Waals surface area contributed by atoms with Gasteiger partial charge in [0.25, 0.3) is 0 Å². The molecule has 0 fully saturated rings. The van der Waals surface area contributed by atoms with Crippen molar-refractivity contribution in [2.45, 2.75) is 6.92 Å². The van der Waals surface area contributed by atoms with E-state index in [1.807, 2.05) is 6.92 Å². The fourth-order valence-corrected chi connectivity index (χ4v) is 1.18. The molecule has 0 aliphatic rings. The van der Waals surface area contributed by atoms with Crippen LogP contribution in [0.4, 0.5) is 5.82 Å². The SMILES string of the molecule is Cc1cn[nH]c1NC(=O)/C=C/c1ccco1. The van der Waals surface area contributed by atoms with Gasteiger partial charge in [-0.25, -0.2) is 0 Å². The number of amides is 1. The summed E-state index contributed by atoms with van der Waals surface area (Å²) in [5.74, 6) is 1.01. The molecule has 0 aliphatic carbocycles. The van der Waals surface area contributed by atoms with E-state index in [1.165, 1.54) is 6.08 Å². The third-order valence-electron chi connectivity index (χ3n) is 2.02. The summed E-state index contributed by atoms with van der Waals surface area (Å²) in [7, 11) is 0. The number of H-pyrrole nitrogens is 1. The minimum Gasteiger partial charge on any atom is -0.465 e. The van der Waals surface area contributed by atoms with Gasteiger partial charge in [-0.2, -0.15) is 5.10 Å². The molecule has 82 valence electrons. The largest absolute Gasteiger partial charge is 0.465 e. The Balaban J connectivity index is 1.97. The number of carbonyl (C=O) groups excluding carboxylic acids is 1. The van der Waals surface area contributed by atoms with Crippen molar-refractivity contribution in [3.63, 3.8) is 0 Å². The number of nitrogens with zero attached hydrogens (tertiary/aromatic N) is 1. The fraction of sp³-hybridized carbons (Fsp3) is 0.0909. The highest BCUT2D eigenvalue weighted by Gasteiger charge is 2.02. The second kappa shape index (κ2) is 4.48. The molecule has 2 aromatic heterocycles. The van der Waals surface area contributed by atoms with Crippen LogP contribution in [0.2, 0.25) is 0 Å². The number of aromatic nitrogens is 2. The lowest BCUT2D eigenvalue weighted by Gasteiger charge is -1.98. The van der Waals surface area contributed by atoms with Crippen LogP contribution < -0.4 is 5.32 Å². The molecular weight excluding hydrogens is 206 g/mol. The molecule has 0 aliphatic heterocycles. The van der Waals surface area contributed by atoms with Gasteiger partial charge >= 0.3 is 0 Å². The smallest absolute Gasteiger partial charge is 0.249 e. The zero-order chi connectivity index (χ0) is 11.4. The minimum absolute atomic E-state index is 0.233. The van der Waals surface area contributed by atoms with Gasteiger partial charge in [0.2, 0.25) is 5.91 Å². The molecule has 5 nitrogen and oxygen atoms in total. The minimum atomic E-state index is -0.233. The number of furan rings is 1. The van der Waals surface area contributed by atoms with Gasteiger partial charge in [-0.15, -0.1) is 0 Å². The Hall–Kier alpha value is -2.30. The van der Waals surface area contributed by atoms with Gasteiger partial charge in [0.05, 0.1) is 12.5 Å². The molecule has 5 heteroatoms. The van der Waals surface area contributed by atoms with E-state index in [0.717, 1.165) is 5.56 Å². The summed E-state index contributed by atoms with van der Waals surface area (Å²) < 4.78 is 5.06. The number of nitrogens with one attached hydrogen (secondary N) is 2. The van der Waals surface area contributed by atoms with Crippen molar-refractivity contribution >= 4 is 17.8 Å². The van der Waals surface area contributed by atoms with E-state index in [0.29, 0.717) is 11.6 Å². The molecule has 0 radical (unpaired) electrons. The average molecular weight is 217 g/mol. The predicted molar refractivity (Wildman–Crippen MR) is 59.7 cm³/mol. The molecule has 0 spiro atoms. The van der Waals surface area contributed by atoms with Crippen molar-refractivity contribution in [3.8, 4) is 0 Å². The van der Waals surface area contributed by atoms with Gasteiger partial charge in [-0.3, -0.25) is 9.89 Å². The van der Waals surface area contributed by atoms with Crippen LogP contribution in [0.5, 0.6) is 0 Å². The maximum absolute atomic E-state index is 11.5. The maximum Gasteiger partial charge on any atom is 0.249 e. The van der Waals surface area contributed by atoms with Crippen LogP contribution in [0.15, 0.2) is 35.1 Å². The molecule has 0 atom stereocenters. The van der Waals surface area contributed by atoms with Crippen LogP contribution in [0, 0.1) is 6.92 Å². The van der Waals surface area contributed by atoms with E-state index in [4.69, 9.17) is 4.42 Å². The molecule has 0 saturated heterocycles.